The molecule has 230 valence electrons. The van der Waals surface area contributed by atoms with Gasteiger partial charge in [-0.15, -0.1) is 0 Å². The number of aromatic nitrogens is 3. The molecule has 4 rings (SSSR count). The SMILES string of the molecule is CO[C@@H](C(=O)N1CCCC(=O)N[C@@H](CCSC)C(=O)N[C@H](C(C)C)c2nc(-c3ccccc3)nn2CC1)c1ccccc1. The molecule has 0 saturated heterocycles. The van der Waals surface area contributed by atoms with E-state index in [4.69, 9.17) is 14.8 Å². The van der Waals surface area contributed by atoms with E-state index in [1.165, 1.54) is 7.11 Å². The van der Waals surface area contributed by atoms with E-state index in [-0.39, 0.29) is 30.1 Å². The number of ether oxygens (including phenoxy) is 1. The number of thioether (sulfide) groups is 1. The second-order valence-electron chi connectivity index (χ2n) is 11.0. The van der Waals surface area contributed by atoms with Crippen LogP contribution in [0.4, 0.5) is 0 Å². The summed E-state index contributed by atoms with van der Waals surface area (Å²) in [6.45, 7) is 5.07. The van der Waals surface area contributed by atoms with Crippen LogP contribution in [-0.2, 0) is 25.7 Å². The van der Waals surface area contributed by atoms with Crippen LogP contribution in [0.5, 0.6) is 0 Å². The van der Waals surface area contributed by atoms with Gasteiger partial charge in [-0.05, 0) is 36.3 Å². The third-order valence-electron chi connectivity index (χ3n) is 7.52. The lowest BCUT2D eigenvalue weighted by Gasteiger charge is -2.29. The Morgan fingerprint density at radius 2 is 1.72 bits per heavy atom. The first kappa shape index (κ1) is 32.2. The van der Waals surface area contributed by atoms with E-state index in [1.54, 1.807) is 21.3 Å². The summed E-state index contributed by atoms with van der Waals surface area (Å²) in [5, 5.41) is 11.0. The Labute approximate surface area is 258 Å². The monoisotopic (exact) mass is 606 g/mol. The Kier molecular flexibility index (Phi) is 11.7. The molecule has 3 amide bonds. The highest BCUT2D eigenvalue weighted by Crippen LogP contribution is 2.25. The standard InChI is InChI=1S/C32H42N6O4S/c1-22(2)27-30-35-29(24-14-9-6-10-15-24)36-38(30)20-19-37(32(41)28(42-3)23-12-7-5-8-13-23)18-11-16-26(39)33-25(17-21-43-4)31(40)34-27/h5-10,12-15,22,25,27-28H,11,16-21H2,1-4H3,(H,33,39)(H,34,40)/t25-,27+,28+/m0/s1. The number of rotatable bonds is 8. The lowest BCUT2D eigenvalue weighted by atomic mass is 10.0. The van der Waals surface area contributed by atoms with Crippen molar-refractivity contribution in [1.82, 2.24) is 30.3 Å². The van der Waals surface area contributed by atoms with Gasteiger partial charge in [0.05, 0.1) is 12.6 Å². The highest BCUT2D eigenvalue weighted by molar-refractivity contribution is 7.98. The van der Waals surface area contributed by atoms with Crippen molar-refractivity contribution < 1.29 is 19.1 Å². The Hall–Kier alpha value is -3.70. The fraction of sp³-hybridized carbons (Fsp3) is 0.469. The van der Waals surface area contributed by atoms with Gasteiger partial charge < -0.3 is 20.3 Å². The Morgan fingerprint density at radius 3 is 2.37 bits per heavy atom. The van der Waals surface area contributed by atoms with Gasteiger partial charge in [0.15, 0.2) is 17.8 Å². The fourth-order valence-electron chi connectivity index (χ4n) is 5.16. The summed E-state index contributed by atoms with van der Waals surface area (Å²) in [4.78, 5) is 47.1. The number of nitrogens with zero attached hydrogens (tertiary/aromatic N) is 4. The molecule has 10 nitrogen and oxygen atoms in total. The van der Waals surface area contributed by atoms with Crippen LogP contribution in [0.25, 0.3) is 11.4 Å². The number of hydrogen-bond donors (Lipinski definition) is 2. The maximum Gasteiger partial charge on any atom is 0.256 e. The van der Waals surface area contributed by atoms with E-state index in [0.717, 1.165) is 16.9 Å². The highest BCUT2D eigenvalue weighted by atomic mass is 32.2. The summed E-state index contributed by atoms with van der Waals surface area (Å²) in [6.07, 6.45) is 2.33. The van der Waals surface area contributed by atoms with Gasteiger partial charge in [-0.1, -0.05) is 74.5 Å². The van der Waals surface area contributed by atoms with E-state index >= 15 is 0 Å². The molecule has 1 aromatic heterocycles. The second kappa shape index (κ2) is 15.7. The first-order chi connectivity index (χ1) is 20.8. The number of carbonyl (C=O) groups excluding carboxylic acids is 3. The summed E-state index contributed by atoms with van der Waals surface area (Å²) in [6, 6.07) is 17.9. The molecule has 3 atom stereocenters. The Bertz CT molecular complexity index is 1350. The number of hydrogen-bond acceptors (Lipinski definition) is 7. The molecule has 0 spiro atoms. The van der Waals surface area contributed by atoms with E-state index in [0.29, 0.717) is 44.1 Å². The minimum atomic E-state index is -0.775. The van der Waals surface area contributed by atoms with Gasteiger partial charge in [0.25, 0.3) is 5.91 Å². The largest absolute Gasteiger partial charge is 0.367 e. The van der Waals surface area contributed by atoms with Crippen molar-refractivity contribution in [2.75, 3.05) is 32.2 Å². The van der Waals surface area contributed by atoms with Crippen LogP contribution in [0, 0.1) is 5.92 Å². The molecular formula is C32H42N6O4S. The van der Waals surface area contributed by atoms with Crippen LogP contribution in [0.3, 0.4) is 0 Å². The van der Waals surface area contributed by atoms with Crippen molar-refractivity contribution in [3.05, 3.63) is 72.1 Å². The van der Waals surface area contributed by atoms with Crippen molar-refractivity contribution in [3.63, 3.8) is 0 Å². The predicted octanol–water partition coefficient (Wildman–Crippen LogP) is 4.01. The number of methoxy groups -OCH3 is 1. The zero-order chi connectivity index (χ0) is 30.8. The van der Waals surface area contributed by atoms with Gasteiger partial charge in [-0.3, -0.25) is 14.4 Å². The number of benzene rings is 2. The molecule has 2 aromatic carbocycles. The molecule has 3 aromatic rings. The molecule has 43 heavy (non-hydrogen) atoms. The van der Waals surface area contributed by atoms with Crippen LogP contribution in [0.2, 0.25) is 0 Å². The van der Waals surface area contributed by atoms with E-state index in [9.17, 15) is 14.4 Å². The maximum atomic E-state index is 13.9. The van der Waals surface area contributed by atoms with Crippen molar-refractivity contribution in [1.29, 1.82) is 0 Å². The van der Waals surface area contributed by atoms with Gasteiger partial charge in [0.1, 0.15) is 6.04 Å². The fourth-order valence-corrected chi connectivity index (χ4v) is 5.64. The predicted molar refractivity (Wildman–Crippen MR) is 168 cm³/mol. The second-order valence-corrected chi connectivity index (χ2v) is 12.0. The van der Waals surface area contributed by atoms with E-state index < -0.39 is 18.2 Å². The van der Waals surface area contributed by atoms with Crippen molar-refractivity contribution in [2.24, 2.45) is 5.92 Å². The topological polar surface area (TPSA) is 118 Å². The number of nitrogens with one attached hydrogen (secondary N) is 2. The zero-order valence-corrected chi connectivity index (χ0v) is 26.2. The maximum absolute atomic E-state index is 13.9. The normalized spacial score (nSPS) is 19.2. The van der Waals surface area contributed by atoms with Gasteiger partial charge >= 0.3 is 0 Å². The Balaban J connectivity index is 1.73. The van der Waals surface area contributed by atoms with Gasteiger partial charge in [-0.2, -0.15) is 16.9 Å². The van der Waals surface area contributed by atoms with Crippen LogP contribution in [0.15, 0.2) is 60.7 Å². The molecule has 2 N–H and O–H groups in total. The molecule has 0 saturated carbocycles. The third-order valence-corrected chi connectivity index (χ3v) is 8.17. The minimum absolute atomic E-state index is 0.0194. The smallest absolute Gasteiger partial charge is 0.256 e. The Morgan fingerprint density at radius 1 is 1.02 bits per heavy atom. The lowest BCUT2D eigenvalue weighted by Crippen LogP contribution is -2.49. The first-order valence-electron chi connectivity index (χ1n) is 14.8. The molecule has 11 heteroatoms. The highest BCUT2D eigenvalue weighted by Gasteiger charge is 2.31. The lowest BCUT2D eigenvalue weighted by molar-refractivity contribution is -0.143. The van der Waals surface area contributed by atoms with Gasteiger partial charge in [-0.25, -0.2) is 9.67 Å². The molecule has 0 unspecified atom stereocenters. The van der Waals surface area contributed by atoms with Crippen LogP contribution >= 0.6 is 11.8 Å². The molecule has 0 aliphatic carbocycles. The van der Waals surface area contributed by atoms with Crippen molar-refractivity contribution >= 4 is 29.5 Å². The molecule has 1 aliphatic heterocycles. The molecule has 0 fully saturated rings. The van der Waals surface area contributed by atoms with Crippen LogP contribution < -0.4 is 10.6 Å². The quantitative estimate of drug-likeness (QED) is 0.398. The zero-order valence-electron chi connectivity index (χ0n) is 25.4. The van der Waals surface area contributed by atoms with E-state index in [2.05, 4.69) is 10.6 Å². The van der Waals surface area contributed by atoms with Crippen molar-refractivity contribution in [3.8, 4) is 11.4 Å². The third kappa shape index (κ3) is 8.45. The summed E-state index contributed by atoms with van der Waals surface area (Å²) >= 11 is 1.62. The van der Waals surface area contributed by atoms with Crippen molar-refractivity contribution in [2.45, 2.75) is 57.8 Å². The minimum Gasteiger partial charge on any atom is -0.367 e. The average Bonchev–Trinajstić information content (AvgIpc) is 3.44. The van der Waals surface area contributed by atoms with Crippen LogP contribution in [0.1, 0.15) is 56.6 Å². The number of fused-ring (bicyclic) bond motifs is 1. The summed E-state index contributed by atoms with van der Waals surface area (Å²) < 4.78 is 7.48. The first-order valence-corrected chi connectivity index (χ1v) is 16.2. The number of carbonyl (C=O) groups is 3. The molecule has 0 radical (unpaired) electrons. The molecule has 1 aliphatic rings. The molecule has 0 bridgehead atoms. The summed E-state index contributed by atoms with van der Waals surface area (Å²) in [5.41, 5.74) is 1.62. The van der Waals surface area contributed by atoms with Gasteiger partial charge in [0, 0.05) is 32.2 Å². The molecule has 2 heterocycles. The van der Waals surface area contributed by atoms with Gasteiger partial charge in [0.2, 0.25) is 11.8 Å². The number of amides is 3. The average molecular weight is 607 g/mol. The van der Waals surface area contributed by atoms with Crippen LogP contribution in [-0.4, -0.2) is 75.6 Å². The van der Waals surface area contributed by atoms with E-state index in [1.807, 2.05) is 80.8 Å². The summed E-state index contributed by atoms with van der Waals surface area (Å²) in [7, 11) is 1.53. The molecular weight excluding hydrogens is 564 g/mol. The summed E-state index contributed by atoms with van der Waals surface area (Å²) in [5.74, 6) is 1.21.